The highest BCUT2D eigenvalue weighted by Gasteiger charge is 2.34. The average Bonchev–Trinajstić information content (AvgIpc) is 2.72. The number of rotatable bonds is 6. The maximum atomic E-state index is 13.3. The number of carboxylic acids is 1. The van der Waals surface area contributed by atoms with E-state index in [0.717, 1.165) is 16.7 Å². The summed E-state index contributed by atoms with van der Waals surface area (Å²) in [5, 5.41) is 9.49. The summed E-state index contributed by atoms with van der Waals surface area (Å²) in [6.07, 6.45) is 0.401. The SMILES string of the molecule is COc1cc(C(=O)N2CCc3cc(OC)c(OC)cc3C2CC(=O)O)ccc1C. The Morgan fingerprint density at radius 1 is 1.03 bits per heavy atom. The molecule has 0 spiro atoms. The number of amides is 1. The van der Waals surface area contributed by atoms with Crippen LogP contribution in [0.2, 0.25) is 0 Å². The number of nitrogens with zero attached hydrogens (tertiary/aromatic N) is 1. The lowest BCUT2D eigenvalue weighted by Crippen LogP contribution is -2.41. The molecule has 0 radical (unpaired) electrons. The van der Waals surface area contributed by atoms with Crippen molar-refractivity contribution in [2.75, 3.05) is 27.9 Å². The Kier molecular flexibility index (Phi) is 5.96. The molecule has 0 saturated carbocycles. The average molecular weight is 399 g/mol. The monoisotopic (exact) mass is 399 g/mol. The number of carbonyl (C=O) groups excluding carboxylic acids is 1. The van der Waals surface area contributed by atoms with Crippen molar-refractivity contribution in [3.63, 3.8) is 0 Å². The lowest BCUT2D eigenvalue weighted by Gasteiger charge is -2.37. The van der Waals surface area contributed by atoms with E-state index >= 15 is 0 Å². The van der Waals surface area contributed by atoms with Crippen molar-refractivity contribution in [1.82, 2.24) is 4.90 Å². The molecule has 2 aromatic carbocycles. The number of ether oxygens (including phenoxy) is 3. The third-order valence-electron chi connectivity index (χ3n) is 5.29. The van der Waals surface area contributed by atoms with Crippen LogP contribution in [0.5, 0.6) is 17.2 Å². The molecule has 1 aliphatic rings. The van der Waals surface area contributed by atoms with Crippen LogP contribution in [0, 0.1) is 6.92 Å². The molecule has 29 heavy (non-hydrogen) atoms. The predicted octanol–water partition coefficient (Wildman–Crippen LogP) is 3.24. The van der Waals surface area contributed by atoms with Crippen LogP contribution < -0.4 is 14.2 Å². The zero-order valence-corrected chi connectivity index (χ0v) is 17.0. The van der Waals surface area contributed by atoms with Gasteiger partial charge < -0.3 is 24.2 Å². The Bertz CT molecular complexity index is 939. The molecular formula is C22H25NO6. The van der Waals surface area contributed by atoms with Crippen molar-refractivity contribution < 1.29 is 28.9 Å². The van der Waals surface area contributed by atoms with Crippen LogP contribution in [0.25, 0.3) is 0 Å². The Balaban J connectivity index is 2.03. The first-order valence-corrected chi connectivity index (χ1v) is 9.31. The van der Waals surface area contributed by atoms with E-state index in [4.69, 9.17) is 14.2 Å². The van der Waals surface area contributed by atoms with Crippen LogP contribution in [0.1, 0.15) is 39.5 Å². The van der Waals surface area contributed by atoms with E-state index in [9.17, 15) is 14.7 Å². The fourth-order valence-electron chi connectivity index (χ4n) is 3.78. The summed E-state index contributed by atoms with van der Waals surface area (Å²) in [4.78, 5) is 26.5. The lowest BCUT2D eigenvalue weighted by molar-refractivity contribution is -0.138. The molecular weight excluding hydrogens is 374 g/mol. The Hall–Kier alpha value is -3.22. The number of methoxy groups -OCH3 is 3. The molecule has 154 valence electrons. The van der Waals surface area contributed by atoms with E-state index in [-0.39, 0.29) is 12.3 Å². The van der Waals surface area contributed by atoms with Gasteiger partial charge in [-0.25, -0.2) is 0 Å². The minimum atomic E-state index is -0.975. The van der Waals surface area contributed by atoms with E-state index in [1.807, 2.05) is 19.1 Å². The van der Waals surface area contributed by atoms with E-state index < -0.39 is 12.0 Å². The largest absolute Gasteiger partial charge is 0.496 e. The van der Waals surface area contributed by atoms with Crippen LogP contribution in [-0.4, -0.2) is 49.8 Å². The van der Waals surface area contributed by atoms with Gasteiger partial charge in [0.25, 0.3) is 5.91 Å². The second-order valence-electron chi connectivity index (χ2n) is 6.95. The van der Waals surface area contributed by atoms with Crippen molar-refractivity contribution in [2.45, 2.75) is 25.8 Å². The van der Waals surface area contributed by atoms with Crippen molar-refractivity contribution in [2.24, 2.45) is 0 Å². The molecule has 1 heterocycles. The quantitative estimate of drug-likeness (QED) is 0.803. The van der Waals surface area contributed by atoms with E-state index in [2.05, 4.69) is 0 Å². The summed E-state index contributed by atoms with van der Waals surface area (Å²) < 4.78 is 16.1. The van der Waals surface area contributed by atoms with Gasteiger partial charge in [0, 0.05) is 12.1 Å². The van der Waals surface area contributed by atoms with Crippen LogP contribution in [0.3, 0.4) is 0 Å². The number of hydrogen-bond donors (Lipinski definition) is 1. The number of carboxylic acid groups (broad SMARTS) is 1. The van der Waals surface area contributed by atoms with Crippen molar-refractivity contribution >= 4 is 11.9 Å². The molecule has 0 saturated heterocycles. The molecule has 0 bridgehead atoms. The molecule has 3 rings (SSSR count). The highest BCUT2D eigenvalue weighted by molar-refractivity contribution is 5.95. The van der Waals surface area contributed by atoms with Crippen molar-refractivity contribution in [1.29, 1.82) is 0 Å². The Labute approximate surface area is 169 Å². The Morgan fingerprint density at radius 3 is 2.31 bits per heavy atom. The van der Waals surface area contributed by atoms with E-state index in [1.54, 1.807) is 37.3 Å². The van der Waals surface area contributed by atoms with Gasteiger partial charge in [-0.2, -0.15) is 0 Å². The van der Waals surface area contributed by atoms with E-state index in [0.29, 0.717) is 35.8 Å². The molecule has 7 nitrogen and oxygen atoms in total. The molecule has 1 aliphatic heterocycles. The van der Waals surface area contributed by atoms with Crippen LogP contribution in [-0.2, 0) is 11.2 Å². The summed E-state index contributed by atoms with van der Waals surface area (Å²) in [6.45, 7) is 2.31. The van der Waals surface area contributed by atoms with Crippen LogP contribution >= 0.6 is 0 Å². The number of aryl methyl sites for hydroxylation is 1. The number of hydrogen-bond acceptors (Lipinski definition) is 5. The summed E-state index contributed by atoms with van der Waals surface area (Å²) >= 11 is 0. The fourth-order valence-corrected chi connectivity index (χ4v) is 3.78. The van der Waals surface area contributed by atoms with Gasteiger partial charge in [-0.1, -0.05) is 6.07 Å². The third-order valence-corrected chi connectivity index (χ3v) is 5.29. The number of benzene rings is 2. The molecule has 0 aromatic heterocycles. The molecule has 1 atom stereocenters. The van der Waals surface area contributed by atoms with Crippen molar-refractivity contribution in [3.05, 3.63) is 52.6 Å². The van der Waals surface area contributed by atoms with Gasteiger partial charge in [0.15, 0.2) is 11.5 Å². The predicted molar refractivity (Wildman–Crippen MR) is 107 cm³/mol. The first kappa shape index (κ1) is 20.5. The van der Waals surface area contributed by atoms with Gasteiger partial charge in [-0.05, 0) is 54.3 Å². The van der Waals surface area contributed by atoms with Crippen LogP contribution in [0.4, 0.5) is 0 Å². The maximum absolute atomic E-state index is 13.3. The second-order valence-corrected chi connectivity index (χ2v) is 6.95. The zero-order chi connectivity index (χ0) is 21.1. The van der Waals surface area contributed by atoms with Gasteiger partial charge in [-0.3, -0.25) is 9.59 Å². The van der Waals surface area contributed by atoms with Gasteiger partial charge in [0.1, 0.15) is 5.75 Å². The highest BCUT2D eigenvalue weighted by Crippen LogP contribution is 2.40. The summed E-state index contributed by atoms with van der Waals surface area (Å²) in [5.41, 5.74) is 3.11. The normalized spacial score (nSPS) is 15.4. The van der Waals surface area contributed by atoms with Gasteiger partial charge in [-0.15, -0.1) is 0 Å². The highest BCUT2D eigenvalue weighted by atomic mass is 16.5. The standard InChI is InChI=1S/C22H25NO6/c1-13-5-6-15(10-18(13)27-2)22(26)23-8-7-14-9-19(28-3)20(29-4)11-16(14)17(23)12-21(24)25/h5-6,9-11,17H,7-8,12H2,1-4H3,(H,24,25). The first-order chi connectivity index (χ1) is 13.9. The maximum Gasteiger partial charge on any atom is 0.305 e. The molecule has 7 heteroatoms. The summed E-state index contributed by atoms with van der Waals surface area (Å²) in [7, 11) is 4.64. The lowest BCUT2D eigenvalue weighted by atomic mass is 9.89. The summed E-state index contributed by atoms with van der Waals surface area (Å²) in [5.74, 6) is 0.512. The molecule has 1 unspecified atom stereocenters. The second kappa shape index (κ2) is 8.43. The number of carbonyl (C=O) groups is 2. The number of aliphatic carboxylic acids is 1. The minimum Gasteiger partial charge on any atom is -0.496 e. The molecule has 0 fully saturated rings. The molecule has 2 aromatic rings. The minimum absolute atomic E-state index is 0.197. The smallest absolute Gasteiger partial charge is 0.305 e. The van der Waals surface area contributed by atoms with Crippen molar-refractivity contribution in [3.8, 4) is 17.2 Å². The summed E-state index contributed by atoms with van der Waals surface area (Å²) in [6, 6.07) is 8.29. The van der Waals surface area contributed by atoms with Gasteiger partial charge in [0.2, 0.25) is 0 Å². The third kappa shape index (κ3) is 3.99. The number of fused-ring (bicyclic) bond motifs is 1. The van der Waals surface area contributed by atoms with E-state index in [1.165, 1.54) is 7.11 Å². The topological polar surface area (TPSA) is 85.3 Å². The fraction of sp³-hybridized carbons (Fsp3) is 0.364. The Morgan fingerprint density at radius 2 is 1.69 bits per heavy atom. The molecule has 1 amide bonds. The first-order valence-electron chi connectivity index (χ1n) is 9.31. The van der Waals surface area contributed by atoms with Gasteiger partial charge >= 0.3 is 5.97 Å². The zero-order valence-electron chi connectivity index (χ0n) is 17.0. The van der Waals surface area contributed by atoms with Crippen LogP contribution in [0.15, 0.2) is 30.3 Å². The molecule has 0 aliphatic carbocycles. The molecule has 1 N–H and O–H groups in total. The van der Waals surface area contributed by atoms with Gasteiger partial charge in [0.05, 0.1) is 33.8 Å².